The summed E-state index contributed by atoms with van der Waals surface area (Å²) in [6, 6.07) is 5.64. The highest BCUT2D eigenvalue weighted by Crippen LogP contribution is 2.42. The lowest BCUT2D eigenvalue weighted by Crippen LogP contribution is -2.52. The number of aromatic nitrogens is 2. The molecule has 0 atom stereocenters. The highest BCUT2D eigenvalue weighted by Gasteiger charge is 2.42. The Hall–Kier alpha value is -2.21. The van der Waals surface area contributed by atoms with Crippen LogP contribution in [0.3, 0.4) is 0 Å². The second-order valence-corrected chi connectivity index (χ2v) is 6.77. The standard InChI is InChI=1S/C18H22FN3O2/c1-11(2)21-18(7-4-8-18)17-20-14-10-12(9-13(19)16(23)24)5-6-15(14)22(17)3/h5-6,9-11,21H,4,7-8H2,1-3H3,(H,23,24)/b13-9-. The SMILES string of the molecule is CC(C)NC1(c2nc3cc(/C=C(\F)C(=O)O)ccc3n2C)CCC1. The van der Waals surface area contributed by atoms with Gasteiger partial charge in [0.2, 0.25) is 5.83 Å². The zero-order valence-electron chi connectivity index (χ0n) is 14.1. The molecule has 0 saturated heterocycles. The lowest BCUT2D eigenvalue weighted by atomic mass is 9.75. The Morgan fingerprint density at radius 1 is 1.46 bits per heavy atom. The number of aliphatic carboxylic acids is 1. The van der Waals surface area contributed by atoms with Crippen molar-refractivity contribution in [1.82, 2.24) is 14.9 Å². The first-order valence-electron chi connectivity index (χ1n) is 8.17. The van der Waals surface area contributed by atoms with Gasteiger partial charge in [-0.05, 0) is 56.9 Å². The van der Waals surface area contributed by atoms with Crippen LogP contribution in [0.2, 0.25) is 0 Å². The highest BCUT2D eigenvalue weighted by atomic mass is 19.1. The Kier molecular flexibility index (Phi) is 4.17. The first kappa shape index (κ1) is 16.6. The van der Waals surface area contributed by atoms with E-state index in [-0.39, 0.29) is 5.54 Å². The average Bonchev–Trinajstić information content (AvgIpc) is 2.79. The molecule has 0 unspecified atom stereocenters. The molecule has 1 aliphatic carbocycles. The van der Waals surface area contributed by atoms with Crippen LogP contribution < -0.4 is 5.32 Å². The van der Waals surface area contributed by atoms with Crippen molar-refractivity contribution in [3.8, 4) is 0 Å². The summed E-state index contributed by atoms with van der Waals surface area (Å²) in [6.45, 7) is 4.25. The molecule has 5 nitrogen and oxygen atoms in total. The molecule has 0 aliphatic heterocycles. The van der Waals surface area contributed by atoms with Crippen LogP contribution in [0, 0.1) is 0 Å². The first-order chi connectivity index (χ1) is 11.3. The van der Waals surface area contributed by atoms with E-state index in [1.807, 2.05) is 13.1 Å². The molecule has 24 heavy (non-hydrogen) atoms. The Bertz CT molecular complexity index is 819. The molecule has 1 heterocycles. The van der Waals surface area contributed by atoms with Crippen molar-refractivity contribution in [2.45, 2.75) is 44.7 Å². The predicted octanol–water partition coefficient (Wildman–Crippen LogP) is 3.35. The van der Waals surface area contributed by atoms with Crippen molar-refractivity contribution >= 4 is 23.1 Å². The molecule has 3 rings (SSSR count). The van der Waals surface area contributed by atoms with Crippen molar-refractivity contribution in [3.05, 3.63) is 35.4 Å². The van der Waals surface area contributed by atoms with E-state index >= 15 is 0 Å². The minimum Gasteiger partial charge on any atom is -0.476 e. The molecular weight excluding hydrogens is 309 g/mol. The van der Waals surface area contributed by atoms with Crippen molar-refractivity contribution in [3.63, 3.8) is 0 Å². The Morgan fingerprint density at radius 2 is 2.17 bits per heavy atom. The van der Waals surface area contributed by atoms with Gasteiger partial charge in [0.15, 0.2) is 0 Å². The molecule has 0 spiro atoms. The number of carbonyl (C=O) groups is 1. The van der Waals surface area contributed by atoms with Crippen LogP contribution in [0.1, 0.15) is 44.5 Å². The molecule has 0 radical (unpaired) electrons. The number of fused-ring (bicyclic) bond motifs is 1. The maximum Gasteiger partial charge on any atom is 0.364 e. The van der Waals surface area contributed by atoms with Crippen LogP contribution in [0.4, 0.5) is 4.39 Å². The van der Waals surface area contributed by atoms with Crippen LogP contribution in [-0.2, 0) is 17.4 Å². The number of carboxylic acid groups (broad SMARTS) is 1. The summed E-state index contributed by atoms with van der Waals surface area (Å²) in [6.07, 6.45) is 4.27. The fourth-order valence-corrected chi connectivity index (χ4v) is 3.46. The fourth-order valence-electron chi connectivity index (χ4n) is 3.46. The lowest BCUT2D eigenvalue weighted by molar-refractivity contribution is -0.134. The van der Waals surface area contributed by atoms with Gasteiger partial charge in [0.1, 0.15) is 5.82 Å². The summed E-state index contributed by atoms with van der Waals surface area (Å²) < 4.78 is 15.4. The van der Waals surface area contributed by atoms with E-state index in [0.717, 1.165) is 35.8 Å². The highest BCUT2D eigenvalue weighted by molar-refractivity contribution is 5.90. The Morgan fingerprint density at radius 3 is 2.71 bits per heavy atom. The van der Waals surface area contributed by atoms with Gasteiger partial charge in [-0.2, -0.15) is 4.39 Å². The summed E-state index contributed by atoms with van der Waals surface area (Å²) in [5.41, 5.74) is 2.09. The normalized spacial score (nSPS) is 17.3. The van der Waals surface area contributed by atoms with Crippen LogP contribution in [-0.4, -0.2) is 26.7 Å². The van der Waals surface area contributed by atoms with E-state index in [2.05, 4.69) is 23.7 Å². The van der Waals surface area contributed by atoms with Crippen molar-refractivity contribution in [2.75, 3.05) is 0 Å². The second-order valence-electron chi connectivity index (χ2n) is 6.77. The number of imidazole rings is 1. The fraction of sp³-hybridized carbons (Fsp3) is 0.444. The number of nitrogens with one attached hydrogen (secondary N) is 1. The van der Waals surface area contributed by atoms with Gasteiger partial charge < -0.3 is 15.0 Å². The van der Waals surface area contributed by atoms with Gasteiger partial charge in [0.05, 0.1) is 16.6 Å². The summed E-state index contributed by atoms with van der Waals surface area (Å²) in [7, 11) is 1.99. The largest absolute Gasteiger partial charge is 0.476 e. The number of halogens is 1. The first-order valence-corrected chi connectivity index (χ1v) is 8.17. The molecule has 2 aromatic rings. The van der Waals surface area contributed by atoms with Crippen molar-refractivity contribution in [2.24, 2.45) is 7.05 Å². The molecular formula is C18H22FN3O2. The zero-order valence-corrected chi connectivity index (χ0v) is 14.1. The second kappa shape index (κ2) is 6.02. The van der Waals surface area contributed by atoms with Crippen LogP contribution in [0.25, 0.3) is 17.1 Å². The monoisotopic (exact) mass is 331 g/mol. The van der Waals surface area contributed by atoms with Gasteiger partial charge in [-0.3, -0.25) is 0 Å². The van der Waals surface area contributed by atoms with Crippen LogP contribution in [0.15, 0.2) is 24.0 Å². The predicted molar refractivity (Wildman–Crippen MR) is 91.2 cm³/mol. The summed E-state index contributed by atoms with van der Waals surface area (Å²) in [5.74, 6) is -1.76. The van der Waals surface area contributed by atoms with E-state index in [4.69, 9.17) is 10.1 Å². The molecule has 0 amide bonds. The van der Waals surface area contributed by atoms with E-state index in [9.17, 15) is 9.18 Å². The number of nitrogens with zero attached hydrogens (tertiary/aromatic N) is 2. The maximum atomic E-state index is 13.3. The van der Waals surface area contributed by atoms with Crippen molar-refractivity contribution < 1.29 is 14.3 Å². The summed E-state index contributed by atoms with van der Waals surface area (Å²) in [4.78, 5) is 15.4. The minimum atomic E-state index is -1.56. The van der Waals surface area contributed by atoms with E-state index < -0.39 is 11.8 Å². The maximum absolute atomic E-state index is 13.3. The molecule has 1 aliphatic rings. The lowest BCUT2D eigenvalue weighted by Gasteiger charge is -2.43. The molecule has 128 valence electrons. The van der Waals surface area contributed by atoms with Crippen LogP contribution >= 0.6 is 0 Å². The van der Waals surface area contributed by atoms with E-state index in [1.165, 1.54) is 6.42 Å². The van der Waals surface area contributed by atoms with Crippen LogP contribution in [0.5, 0.6) is 0 Å². The van der Waals surface area contributed by atoms with E-state index in [0.29, 0.717) is 11.6 Å². The number of rotatable bonds is 5. The smallest absolute Gasteiger partial charge is 0.364 e. The third kappa shape index (κ3) is 2.82. The third-order valence-corrected chi connectivity index (χ3v) is 4.60. The molecule has 1 aromatic carbocycles. The topological polar surface area (TPSA) is 67.2 Å². The average molecular weight is 331 g/mol. The third-order valence-electron chi connectivity index (χ3n) is 4.60. The number of hydrogen-bond donors (Lipinski definition) is 2. The number of carboxylic acids is 1. The Balaban J connectivity index is 2.04. The number of hydrogen-bond acceptors (Lipinski definition) is 3. The quantitative estimate of drug-likeness (QED) is 0.825. The number of aryl methyl sites for hydroxylation is 1. The number of benzene rings is 1. The van der Waals surface area contributed by atoms with E-state index in [1.54, 1.807) is 12.1 Å². The van der Waals surface area contributed by atoms with Gasteiger partial charge in [0, 0.05) is 13.1 Å². The Labute approximate surface area is 140 Å². The molecule has 6 heteroatoms. The molecule has 1 aromatic heterocycles. The molecule has 2 N–H and O–H groups in total. The van der Waals surface area contributed by atoms with Gasteiger partial charge in [-0.15, -0.1) is 0 Å². The zero-order chi connectivity index (χ0) is 17.5. The molecule has 1 fully saturated rings. The van der Waals surface area contributed by atoms with Gasteiger partial charge in [-0.1, -0.05) is 6.07 Å². The van der Waals surface area contributed by atoms with Gasteiger partial charge in [0.25, 0.3) is 0 Å². The van der Waals surface area contributed by atoms with Crippen molar-refractivity contribution in [1.29, 1.82) is 0 Å². The molecule has 1 saturated carbocycles. The summed E-state index contributed by atoms with van der Waals surface area (Å²) >= 11 is 0. The minimum absolute atomic E-state index is 0.107. The summed E-state index contributed by atoms with van der Waals surface area (Å²) in [5, 5.41) is 12.3. The molecule has 0 bridgehead atoms. The van der Waals surface area contributed by atoms with Gasteiger partial charge >= 0.3 is 5.97 Å². The van der Waals surface area contributed by atoms with Gasteiger partial charge in [-0.25, -0.2) is 9.78 Å².